The van der Waals surface area contributed by atoms with Crippen LogP contribution >= 0.6 is 11.6 Å². The summed E-state index contributed by atoms with van der Waals surface area (Å²) in [5.41, 5.74) is 2.18. The van der Waals surface area contributed by atoms with Gasteiger partial charge in [0.25, 0.3) is 11.5 Å². The van der Waals surface area contributed by atoms with E-state index >= 15 is 0 Å². The molecule has 2 N–H and O–H groups in total. The van der Waals surface area contributed by atoms with Crippen molar-refractivity contribution in [3.05, 3.63) is 87.2 Å². The first-order valence-corrected chi connectivity index (χ1v) is 8.85. The lowest BCUT2D eigenvalue weighted by Gasteiger charge is -2.07. The molecule has 5 nitrogen and oxygen atoms in total. The molecule has 0 spiro atoms. The summed E-state index contributed by atoms with van der Waals surface area (Å²) in [6, 6.07) is 18.0. The molecule has 138 valence electrons. The van der Waals surface area contributed by atoms with E-state index in [-0.39, 0.29) is 5.56 Å². The average molecular weight is 383 g/mol. The topological polar surface area (TPSA) is 71.2 Å². The second kappa shape index (κ2) is 8.56. The molecule has 6 heteroatoms. The molecule has 3 rings (SSSR count). The largest absolute Gasteiger partial charge is 0.497 e. The summed E-state index contributed by atoms with van der Waals surface area (Å²) >= 11 is 5.87. The molecule has 2 aromatic carbocycles. The molecule has 0 aliphatic carbocycles. The molecular formula is C21H19ClN2O3. The van der Waals surface area contributed by atoms with Crippen molar-refractivity contribution >= 4 is 17.5 Å². The van der Waals surface area contributed by atoms with Crippen LogP contribution in [0.15, 0.2) is 65.5 Å². The first-order valence-electron chi connectivity index (χ1n) is 8.47. The minimum Gasteiger partial charge on any atom is -0.497 e. The summed E-state index contributed by atoms with van der Waals surface area (Å²) in [4.78, 5) is 27.3. The lowest BCUT2D eigenvalue weighted by atomic mass is 10.1. The molecule has 1 aromatic heterocycles. The Morgan fingerprint density at radius 3 is 2.37 bits per heavy atom. The van der Waals surface area contributed by atoms with Crippen molar-refractivity contribution in [3.8, 4) is 17.0 Å². The van der Waals surface area contributed by atoms with Crippen LogP contribution in [-0.4, -0.2) is 24.5 Å². The van der Waals surface area contributed by atoms with Crippen LogP contribution in [0, 0.1) is 0 Å². The van der Waals surface area contributed by atoms with Gasteiger partial charge in [0.05, 0.1) is 7.11 Å². The molecule has 0 radical (unpaired) electrons. The lowest BCUT2D eigenvalue weighted by molar-refractivity contribution is 0.0952. The van der Waals surface area contributed by atoms with E-state index in [0.717, 1.165) is 16.9 Å². The van der Waals surface area contributed by atoms with Crippen molar-refractivity contribution in [1.82, 2.24) is 10.3 Å². The van der Waals surface area contributed by atoms with Crippen molar-refractivity contribution in [1.29, 1.82) is 0 Å². The first-order chi connectivity index (χ1) is 13.1. The van der Waals surface area contributed by atoms with Gasteiger partial charge in [-0.3, -0.25) is 9.59 Å². The number of pyridine rings is 1. The van der Waals surface area contributed by atoms with Crippen LogP contribution < -0.4 is 15.6 Å². The van der Waals surface area contributed by atoms with E-state index in [1.54, 1.807) is 25.3 Å². The van der Waals surface area contributed by atoms with Gasteiger partial charge in [0.1, 0.15) is 11.3 Å². The van der Waals surface area contributed by atoms with E-state index in [1.807, 2.05) is 36.4 Å². The van der Waals surface area contributed by atoms with Gasteiger partial charge in [0, 0.05) is 17.3 Å². The summed E-state index contributed by atoms with van der Waals surface area (Å²) < 4.78 is 5.12. The summed E-state index contributed by atoms with van der Waals surface area (Å²) in [5, 5.41) is 3.40. The Hall–Kier alpha value is -3.05. The highest BCUT2D eigenvalue weighted by atomic mass is 35.5. The molecule has 0 aliphatic rings. The van der Waals surface area contributed by atoms with Crippen LogP contribution in [0.2, 0.25) is 5.02 Å². The third kappa shape index (κ3) is 4.77. The summed E-state index contributed by atoms with van der Waals surface area (Å²) in [5.74, 6) is 0.391. The van der Waals surface area contributed by atoms with Gasteiger partial charge in [0.2, 0.25) is 0 Å². The van der Waals surface area contributed by atoms with Crippen LogP contribution in [0.3, 0.4) is 0 Å². The predicted octanol–water partition coefficient (Wildman–Crippen LogP) is 3.68. The second-order valence-electron chi connectivity index (χ2n) is 5.98. The van der Waals surface area contributed by atoms with E-state index in [2.05, 4.69) is 10.3 Å². The molecule has 1 heterocycles. The number of aromatic nitrogens is 1. The number of rotatable bonds is 6. The fraction of sp³-hybridized carbons (Fsp3) is 0.143. The van der Waals surface area contributed by atoms with Gasteiger partial charge in [0.15, 0.2) is 0 Å². The Balaban J connectivity index is 1.62. The number of nitrogens with one attached hydrogen (secondary N) is 2. The quantitative estimate of drug-likeness (QED) is 0.683. The zero-order valence-corrected chi connectivity index (χ0v) is 15.5. The van der Waals surface area contributed by atoms with Crippen molar-refractivity contribution in [2.75, 3.05) is 13.7 Å². The van der Waals surface area contributed by atoms with E-state index in [4.69, 9.17) is 16.3 Å². The monoisotopic (exact) mass is 382 g/mol. The number of carbonyl (C=O) groups excluding carboxylic acids is 1. The molecule has 3 aromatic rings. The Labute approximate surface area is 162 Å². The molecule has 0 saturated carbocycles. The smallest absolute Gasteiger partial charge is 0.261 e. The third-order valence-electron chi connectivity index (χ3n) is 4.17. The van der Waals surface area contributed by atoms with Crippen LogP contribution in [0.25, 0.3) is 11.3 Å². The summed E-state index contributed by atoms with van der Waals surface area (Å²) in [6.07, 6.45) is 0.663. The van der Waals surface area contributed by atoms with Crippen molar-refractivity contribution in [2.45, 2.75) is 6.42 Å². The van der Waals surface area contributed by atoms with E-state index in [0.29, 0.717) is 23.7 Å². The molecule has 0 aliphatic heterocycles. The minimum atomic E-state index is -0.426. The van der Waals surface area contributed by atoms with Gasteiger partial charge in [-0.1, -0.05) is 35.9 Å². The van der Waals surface area contributed by atoms with Crippen LogP contribution in [0.1, 0.15) is 15.9 Å². The highest BCUT2D eigenvalue weighted by Gasteiger charge is 2.11. The van der Waals surface area contributed by atoms with Gasteiger partial charge in [-0.2, -0.15) is 0 Å². The maximum Gasteiger partial charge on any atom is 0.261 e. The minimum absolute atomic E-state index is 0.0856. The van der Waals surface area contributed by atoms with Gasteiger partial charge < -0.3 is 15.0 Å². The molecule has 0 atom stereocenters. The zero-order valence-electron chi connectivity index (χ0n) is 14.8. The Morgan fingerprint density at radius 2 is 1.74 bits per heavy atom. The van der Waals surface area contributed by atoms with E-state index in [1.165, 1.54) is 6.07 Å². The van der Waals surface area contributed by atoms with Gasteiger partial charge in [-0.05, 0) is 53.9 Å². The van der Waals surface area contributed by atoms with Gasteiger partial charge >= 0.3 is 0 Å². The second-order valence-corrected chi connectivity index (χ2v) is 6.41. The molecule has 27 heavy (non-hydrogen) atoms. The lowest BCUT2D eigenvalue weighted by Crippen LogP contribution is -2.31. The molecular weight excluding hydrogens is 364 g/mol. The van der Waals surface area contributed by atoms with Crippen molar-refractivity contribution < 1.29 is 9.53 Å². The SMILES string of the molecule is COc1ccc(CCNC(=O)c2ccc(-c3ccc(Cl)cc3)[nH]c2=O)cc1. The number of hydrogen-bond acceptors (Lipinski definition) is 3. The molecule has 0 unspecified atom stereocenters. The summed E-state index contributed by atoms with van der Waals surface area (Å²) in [6.45, 7) is 0.434. The maximum atomic E-state index is 12.3. The van der Waals surface area contributed by atoms with E-state index in [9.17, 15) is 9.59 Å². The highest BCUT2D eigenvalue weighted by molar-refractivity contribution is 6.30. The molecule has 1 amide bonds. The molecule has 0 saturated heterocycles. The van der Waals surface area contributed by atoms with Crippen LogP contribution in [0.4, 0.5) is 0 Å². The Bertz CT molecular complexity index is 980. The highest BCUT2D eigenvalue weighted by Crippen LogP contribution is 2.18. The van der Waals surface area contributed by atoms with Crippen LogP contribution in [0.5, 0.6) is 5.75 Å². The number of halogens is 1. The van der Waals surface area contributed by atoms with Gasteiger partial charge in [-0.15, -0.1) is 0 Å². The number of carbonyl (C=O) groups is 1. The number of hydrogen-bond donors (Lipinski definition) is 2. The van der Waals surface area contributed by atoms with Gasteiger partial charge in [-0.25, -0.2) is 0 Å². The normalized spacial score (nSPS) is 10.4. The molecule has 0 bridgehead atoms. The van der Waals surface area contributed by atoms with Crippen molar-refractivity contribution in [3.63, 3.8) is 0 Å². The fourth-order valence-electron chi connectivity index (χ4n) is 2.66. The van der Waals surface area contributed by atoms with Crippen LogP contribution in [-0.2, 0) is 6.42 Å². The number of ether oxygens (including phenoxy) is 1. The number of methoxy groups -OCH3 is 1. The average Bonchev–Trinajstić information content (AvgIpc) is 2.69. The third-order valence-corrected chi connectivity index (χ3v) is 4.42. The Kier molecular flexibility index (Phi) is 5.94. The predicted molar refractivity (Wildman–Crippen MR) is 107 cm³/mol. The van der Waals surface area contributed by atoms with Crippen molar-refractivity contribution in [2.24, 2.45) is 0 Å². The Morgan fingerprint density at radius 1 is 1.04 bits per heavy atom. The number of H-pyrrole nitrogens is 1. The maximum absolute atomic E-state index is 12.3. The number of benzene rings is 2. The number of amides is 1. The fourth-order valence-corrected chi connectivity index (χ4v) is 2.78. The summed E-state index contributed by atoms with van der Waals surface area (Å²) in [7, 11) is 1.62. The molecule has 0 fully saturated rings. The number of aromatic amines is 1. The first kappa shape index (κ1) is 18.7. The standard InChI is InChI=1S/C21H19ClN2O3/c1-27-17-8-2-14(3-9-17)12-13-23-20(25)18-10-11-19(24-21(18)26)15-4-6-16(22)7-5-15/h2-11H,12-13H2,1H3,(H,23,25)(H,24,26). The van der Waals surface area contributed by atoms with E-state index < -0.39 is 11.5 Å². The zero-order chi connectivity index (χ0) is 19.2.